The van der Waals surface area contributed by atoms with Gasteiger partial charge in [0.1, 0.15) is 17.5 Å². The Morgan fingerprint density at radius 1 is 1.04 bits per heavy atom. The SMILES string of the molecule is O=C(Cc1ccc(F)cc1)N1CCSC(c2cc(F)ccc2F)CC1. The lowest BCUT2D eigenvalue weighted by Gasteiger charge is -2.20. The summed E-state index contributed by atoms with van der Waals surface area (Å²) in [6, 6.07) is 9.37. The van der Waals surface area contributed by atoms with Crippen LogP contribution >= 0.6 is 11.8 Å². The molecule has 6 heteroatoms. The molecule has 3 rings (SSSR count). The number of hydrogen-bond donors (Lipinski definition) is 0. The molecule has 0 radical (unpaired) electrons. The van der Waals surface area contributed by atoms with Crippen molar-refractivity contribution in [1.29, 1.82) is 0 Å². The molecule has 132 valence electrons. The molecule has 0 spiro atoms. The van der Waals surface area contributed by atoms with Gasteiger partial charge in [0.15, 0.2) is 0 Å². The molecule has 0 bridgehead atoms. The molecule has 2 aromatic rings. The lowest BCUT2D eigenvalue weighted by molar-refractivity contribution is -0.130. The van der Waals surface area contributed by atoms with Gasteiger partial charge in [-0.15, -0.1) is 0 Å². The van der Waals surface area contributed by atoms with Gasteiger partial charge in [0, 0.05) is 29.7 Å². The Balaban J connectivity index is 1.63. The third kappa shape index (κ3) is 4.57. The predicted molar refractivity (Wildman–Crippen MR) is 92.9 cm³/mol. The molecular weight excluding hydrogens is 347 g/mol. The first kappa shape index (κ1) is 17.9. The van der Waals surface area contributed by atoms with E-state index < -0.39 is 11.6 Å². The average molecular weight is 365 g/mol. The van der Waals surface area contributed by atoms with Crippen molar-refractivity contribution in [1.82, 2.24) is 4.90 Å². The second kappa shape index (κ2) is 7.95. The number of benzene rings is 2. The zero-order chi connectivity index (χ0) is 17.8. The van der Waals surface area contributed by atoms with Gasteiger partial charge < -0.3 is 4.90 Å². The number of nitrogens with zero attached hydrogens (tertiary/aromatic N) is 1. The summed E-state index contributed by atoms with van der Waals surface area (Å²) in [6.07, 6.45) is 0.782. The number of halogens is 3. The zero-order valence-electron chi connectivity index (χ0n) is 13.6. The van der Waals surface area contributed by atoms with Crippen LogP contribution in [0.4, 0.5) is 13.2 Å². The van der Waals surface area contributed by atoms with E-state index in [1.165, 1.54) is 30.0 Å². The third-order valence-electron chi connectivity index (χ3n) is 4.27. The minimum Gasteiger partial charge on any atom is -0.342 e. The molecule has 1 heterocycles. The van der Waals surface area contributed by atoms with E-state index in [0.717, 1.165) is 17.7 Å². The second-order valence-corrected chi connectivity index (χ2v) is 7.31. The summed E-state index contributed by atoms with van der Waals surface area (Å²) in [5.74, 6) is -0.569. The van der Waals surface area contributed by atoms with Gasteiger partial charge >= 0.3 is 0 Å². The topological polar surface area (TPSA) is 20.3 Å². The molecule has 1 unspecified atom stereocenters. The molecule has 0 aromatic heterocycles. The van der Waals surface area contributed by atoms with Crippen molar-refractivity contribution < 1.29 is 18.0 Å². The number of rotatable bonds is 3. The van der Waals surface area contributed by atoms with E-state index in [-0.39, 0.29) is 23.4 Å². The van der Waals surface area contributed by atoms with Crippen LogP contribution in [0, 0.1) is 17.5 Å². The van der Waals surface area contributed by atoms with Gasteiger partial charge in [0.2, 0.25) is 5.91 Å². The Bertz CT molecular complexity index is 751. The molecule has 1 aliphatic heterocycles. The standard InChI is InChI=1S/C19H18F3NOS/c20-14-3-1-13(2-4-14)11-19(24)23-8-7-18(25-10-9-23)16-12-15(21)5-6-17(16)22/h1-6,12,18H,7-11H2. The molecular formula is C19H18F3NOS. The van der Waals surface area contributed by atoms with E-state index in [4.69, 9.17) is 0 Å². The number of carbonyl (C=O) groups excluding carboxylic acids is 1. The van der Waals surface area contributed by atoms with Crippen LogP contribution in [0.25, 0.3) is 0 Å². The van der Waals surface area contributed by atoms with E-state index in [1.807, 2.05) is 0 Å². The lowest BCUT2D eigenvalue weighted by atomic mass is 10.1. The average Bonchev–Trinajstić information content (AvgIpc) is 2.85. The fraction of sp³-hybridized carbons (Fsp3) is 0.316. The zero-order valence-corrected chi connectivity index (χ0v) is 14.4. The Morgan fingerprint density at radius 3 is 2.52 bits per heavy atom. The Hall–Kier alpha value is -1.95. The molecule has 1 fully saturated rings. The van der Waals surface area contributed by atoms with Crippen LogP contribution < -0.4 is 0 Å². The van der Waals surface area contributed by atoms with Crippen molar-refractivity contribution in [2.45, 2.75) is 18.1 Å². The molecule has 1 atom stereocenters. The maximum absolute atomic E-state index is 14.0. The lowest BCUT2D eigenvalue weighted by Crippen LogP contribution is -2.34. The summed E-state index contributed by atoms with van der Waals surface area (Å²) < 4.78 is 40.3. The highest BCUT2D eigenvalue weighted by molar-refractivity contribution is 7.99. The molecule has 1 saturated heterocycles. The molecule has 2 nitrogen and oxygen atoms in total. The van der Waals surface area contributed by atoms with Gasteiger partial charge in [-0.05, 0) is 42.3 Å². The Kier molecular flexibility index (Phi) is 5.68. The Morgan fingerprint density at radius 2 is 1.76 bits per heavy atom. The number of hydrogen-bond acceptors (Lipinski definition) is 2. The van der Waals surface area contributed by atoms with Gasteiger partial charge in [-0.2, -0.15) is 11.8 Å². The molecule has 0 N–H and O–H groups in total. The van der Waals surface area contributed by atoms with Crippen LogP contribution in [0.5, 0.6) is 0 Å². The van der Waals surface area contributed by atoms with Gasteiger partial charge in [0.25, 0.3) is 0 Å². The van der Waals surface area contributed by atoms with Crippen molar-refractivity contribution >= 4 is 17.7 Å². The van der Waals surface area contributed by atoms with Gasteiger partial charge in [-0.25, -0.2) is 13.2 Å². The van der Waals surface area contributed by atoms with Crippen LogP contribution in [0.2, 0.25) is 0 Å². The molecule has 1 amide bonds. The highest BCUT2D eigenvalue weighted by Crippen LogP contribution is 2.36. The second-order valence-electron chi connectivity index (χ2n) is 6.00. The molecule has 0 aliphatic carbocycles. The van der Waals surface area contributed by atoms with Gasteiger partial charge in [-0.1, -0.05) is 12.1 Å². The number of amides is 1. The normalized spacial score (nSPS) is 18.0. The highest BCUT2D eigenvalue weighted by Gasteiger charge is 2.24. The summed E-state index contributed by atoms with van der Waals surface area (Å²) in [6.45, 7) is 1.06. The molecule has 0 saturated carbocycles. The maximum atomic E-state index is 14.0. The van der Waals surface area contributed by atoms with Crippen LogP contribution in [0.1, 0.15) is 22.8 Å². The highest BCUT2D eigenvalue weighted by atomic mass is 32.2. The molecule has 2 aromatic carbocycles. The number of carbonyl (C=O) groups is 1. The maximum Gasteiger partial charge on any atom is 0.227 e. The fourth-order valence-electron chi connectivity index (χ4n) is 2.92. The first-order valence-corrected chi connectivity index (χ1v) is 9.16. The van der Waals surface area contributed by atoms with E-state index in [1.54, 1.807) is 17.0 Å². The first-order valence-electron chi connectivity index (χ1n) is 8.11. The van der Waals surface area contributed by atoms with Crippen LogP contribution in [0.3, 0.4) is 0 Å². The van der Waals surface area contributed by atoms with Crippen LogP contribution in [-0.4, -0.2) is 29.6 Å². The summed E-state index contributed by atoms with van der Waals surface area (Å²) in [5.41, 5.74) is 1.12. The van der Waals surface area contributed by atoms with Crippen LogP contribution in [0.15, 0.2) is 42.5 Å². The van der Waals surface area contributed by atoms with Crippen molar-refractivity contribution in [3.8, 4) is 0 Å². The minimum absolute atomic E-state index is 0.0347. The largest absolute Gasteiger partial charge is 0.342 e. The summed E-state index contributed by atoms with van der Waals surface area (Å²) in [4.78, 5) is 14.2. The predicted octanol–water partition coefficient (Wildman–Crippen LogP) is 4.35. The van der Waals surface area contributed by atoms with E-state index in [0.29, 0.717) is 30.8 Å². The van der Waals surface area contributed by atoms with Crippen molar-refractivity contribution in [3.05, 3.63) is 71.0 Å². The smallest absolute Gasteiger partial charge is 0.227 e. The van der Waals surface area contributed by atoms with Gasteiger partial charge in [0.05, 0.1) is 6.42 Å². The van der Waals surface area contributed by atoms with Crippen molar-refractivity contribution in [2.24, 2.45) is 0 Å². The number of thioether (sulfide) groups is 1. The molecule has 25 heavy (non-hydrogen) atoms. The first-order chi connectivity index (χ1) is 12.0. The van der Waals surface area contributed by atoms with E-state index in [9.17, 15) is 18.0 Å². The monoisotopic (exact) mass is 365 g/mol. The minimum atomic E-state index is -0.453. The summed E-state index contributed by atoms with van der Waals surface area (Å²) >= 11 is 1.54. The van der Waals surface area contributed by atoms with Gasteiger partial charge in [-0.3, -0.25) is 4.79 Å². The fourth-order valence-corrected chi connectivity index (χ4v) is 4.16. The van der Waals surface area contributed by atoms with E-state index >= 15 is 0 Å². The summed E-state index contributed by atoms with van der Waals surface area (Å²) in [5, 5.41) is -0.167. The van der Waals surface area contributed by atoms with Crippen molar-refractivity contribution in [2.75, 3.05) is 18.8 Å². The Labute approximate surface area is 149 Å². The van der Waals surface area contributed by atoms with E-state index in [2.05, 4.69) is 0 Å². The summed E-state index contributed by atoms with van der Waals surface area (Å²) in [7, 11) is 0. The van der Waals surface area contributed by atoms with Crippen LogP contribution in [-0.2, 0) is 11.2 Å². The third-order valence-corrected chi connectivity index (χ3v) is 5.58. The quantitative estimate of drug-likeness (QED) is 0.806. The van der Waals surface area contributed by atoms with Crippen molar-refractivity contribution in [3.63, 3.8) is 0 Å². The molecule has 1 aliphatic rings.